The molecule has 1 aromatic carbocycles. The van der Waals surface area contributed by atoms with Crippen molar-refractivity contribution in [1.29, 1.82) is 0 Å². The van der Waals surface area contributed by atoms with Crippen molar-refractivity contribution < 1.29 is 29.7 Å². The molecule has 2 aromatic rings. The number of benzene rings is 1. The van der Waals surface area contributed by atoms with Gasteiger partial charge in [0.15, 0.2) is 7.92 Å². The zero-order valence-electron chi connectivity index (χ0n) is 14.7. The summed E-state index contributed by atoms with van der Waals surface area (Å²) in [6, 6.07) is 4.22. The van der Waals surface area contributed by atoms with Crippen molar-refractivity contribution in [3.63, 3.8) is 0 Å². The normalized spacial score (nSPS) is 14.9. The summed E-state index contributed by atoms with van der Waals surface area (Å²) >= 11 is 0. The Balaban J connectivity index is 0.000000368. The van der Waals surface area contributed by atoms with Gasteiger partial charge in [0, 0.05) is 6.42 Å². The van der Waals surface area contributed by atoms with Gasteiger partial charge < -0.3 is 17.3 Å². The number of aromatic amines is 1. The van der Waals surface area contributed by atoms with Gasteiger partial charge in [-0.05, 0) is 31.9 Å². The number of fused-ring (bicyclic) bond motifs is 1. The Kier molecular flexibility index (Phi) is 3.82. The molecule has 0 atom stereocenters. The Morgan fingerprint density at radius 1 is 1.23 bits per heavy atom. The molecule has 1 aliphatic heterocycles. The fourth-order valence-electron chi connectivity index (χ4n) is 2.73. The highest BCUT2D eigenvalue weighted by Crippen LogP contribution is 2.19. The molecule has 120 valence electrons. The van der Waals surface area contributed by atoms with Gasteiger partial charge >= 0.3 is 20.8 Å². The number of aryl methyl sites for hydroxylation is 3. The third-order valence-corrected chi connectivity index (χ3v) is 3.37. The van der Waals surface area contributed by atoms with Crippen LogP contribution in [0.15, 0.2) is 18.4 Å². The summed E-state index contributed by atoms with van der Waals surface area (Å²) in [7, 11) is -6.00. The number of nitrogens with one attached hydrogen (secondary N) is 1. The molecule has 3 nitrogen and oxygen atoms in total. The Morgan fingerprint density at radius 2 is 1.77 bits per heavy atom. The van der Waals surface area contributed by atoms with E-state index in [0.717, 1.165) is 42.0 Å². The molecule has 1 N–H and O–H groups in total. The molecule has 0 saturated heterocycles. The molecule has 1 aromatic heterocycles. The number of nitrogens with zero attached hydrogens (tertiary/aromatic N) is 2. The molecule has 0 bridgehead atoms. The first kappa shape index (κ1) is 13.8. The molecule has 22 heavy (non-hydrogen) atoms. The van der Waals surface area contributed by atoms with Crippen molar-refractivity contribution in [2.75, 3.05) is 0 Å². The number of H-pyrrole nitrogens is 1. The summed E-state index contributed by atoms with van der Waals surface area (Å²) < 4.78 is 59.2. The van der Waals surface area contributed by atoms with Crippen LogP contribution in [0.5, 0.6) is 0 Å². The molecule has 0 aliphatic carbocycles. The van der Waals surface area contributed by atoms with Crippen molar-refractivity contribution in [2.24, 2.45) is 0 Å². The molecule has 0 fully saturated rings. The number of halogens is 4. The van der Waals surface area contributed by atoms with Crippen LogP contribution in [0.25, 0.3) is 5.69 Å². The second-order valence-electron chi connectivity index (χ2n) is 5.43. The highest BCUT2D eigenvalue weighted by atomic mass is 19.5. The zero-order chi connectivity index (χ0) is 18.2. The van der Waals surface area contributed by atoms with Gasteiger partial charge in [0.1, 0.15) is 12.1 Å². The Bertz CT molecular complexity index is 718. The third kappa shape index (κ3) is 4.08. The van der Waals surface area contributed by atoms with Gasteiger partial charge in [0.25, 0.3) is 0 Å². The van der Waals surface area contributed by atoms with E-state index in [9.17, 15) is 17.3 Å². The van der Waals surface area contributed by atoms with Crippen molar-refractivity contribution in [2.45, 2.75) is 40.2 Å². The predicted molar refractivity (Wildman–Crippen MR) is 75.2 cm³/mol. The smallest absolute Gasteiger partial charge is 0.418 e. The number of hydrogen-bond acceptors (Lipinski definition) is 0. The predicted octanol–water partition coefficient (Wildman–Crippen LogP) is 2.75. The van der Waals surface area contributed by atoms with Crippen LogP contribution in [0.4, 0.5) is 17.3 Å². The summed E-state index contributed by atoms with van der Waals surface area (Å²) in [5.41, 5.74) is 4.41. The molecule has 0 amide bonds. The van der Waals surface area contributed by atoms with Crippen LogP contribution in [0.3, 0.4) is 0 Å². The van der Waals surface area contributed by atoms with Gasteiger partial charge in [-0.3, -0.25) is 0 Å². The maximum atomic E-state index is 9.75. The van der Waals surface area contributed by atoms with Crippen LogP contribution in [0.2, 0.25) is 1.41 Å². The van der Waals surface area contributed by atoms with E-state index in [-0.39, 0.29) is 0 Å². The van der Waals surface area contributed by atoms with E-state index in [2.05, 4.69) is 19.1 Å². The second-order valence-corrected chi connectivity index (χ2v) is 5.43. The lowest BCUT2D eigenvalue weighted by atomic mass is 10.1. The van der Waals surface area contributed by atoms with Crippen LogP contribution in [-0.4, -0.2) is 11.9 Å². The van der Waals surface area contributed by atoms with Gasteiger partial charge in [-0.2, -0.15) is 0 Å². The van der Waals surface area contributed by atoms with E-state index in [1.807, 2.05) is 18.4 Å². The fourth-order valence-corrected chi connectivity index (χ4v) is 2.73. The minimum Gasteiger partial charge on any atom is -0.418 e. The lowest BCUT2D eigenvalue weighted by Gasteiger charge is -2.06. The van der Waals surface area contributed by atoms with E-state index in [4.69, 9.17) is 2.78 Å². The van der Waals surface area contributed by atoms with Crippen molar-refractivity contribution in [1.82, 2.24) is 4.68 Å². The fraction of sp³-hybridized carbons (Fsp3) is 0.429. The molecule has 0 saturated carbocycles. The number of hydrogen-bond donors (Lipinski definition) is 0. The minimum atomic E-state index is -6.00. The minimum absolute atomic E-state index is 0.401. The van der Waals surface area contributed by atoms with Crippen molar-refractivity contribution in [3.05, 3.63) is 41.0 Å². The Labute approximate surface area is 129 Å². The van der Waals surface area contributed by atoms with Gasteiger partial charge in [0.05, 0.1) is 0 Å². The summed E-state index contributed by atoms with van der Waals surface area (Å²) in [5, 5.41) is 1.39. The standard InChI is InChI=1S/C14H18N3.BF4/c1-10-7-11(2)14(12(3)8-10)17-9-16-6-4-5-13(16)15-17;2-1(3,4)5/h7-9H,4-6H2,1-3H3;/q+1;-1/p+1/i9D;/hD. The zero-order valence-corrected chi connectivity index (χ0v) is 12.7. The van der Waals surface area contributed by atoms with Crippen molar-refractivity contribution in [3.8, 4) is 5.69 Å². The highest BCUT2D eigenvalue weighted by Gasteiger charge is 2.30. The lowest BCUT2D eigenvalue weighted by Crippen LogP contribution is -2.32. The van der Waals surface area contributed by atoms with E-state index in [1.54, 1.807) is 4.68 Å². The van der Waals surface area contributed by atoms with Gasteiger partial charge in [-0.15, -0.1) is 4.57 Å². The average Bonchev–Trinajstić information content (AvgIpc) is 2.95. The summed E-state index contributed by atoms with van der Waals surface area (Å²) in [5.74, 6) is 0.921. The first-order valence-electron chi connectivity index (χ1n) is 7.96. The largest absolute Gasteiger partial charge is 0.673 e. The summed E-state index contributed by atoms with van der Waals surface area (Å²) in [6.45, 7) is 7.02. The number of rotatable bonds is 1. The first-order valence-corrected chi connectivity index (χ1v) is 7.02. The molecule has 1 aliphatic rings. The van der Waals surface area contributed by atoms with Gasteiger partial charge in [-0.1, -0.05) is 27.5 Å². The van der Waals surface area contributed by atoms with Gasteiger partial charge in [0.2, 0.25) is 0 Å². The molecular weight excluding hydrogens is 297 g/mol. The molecule has 0 unspecified atom stereocenters. The monoisotopic (exact) mass is 318 g/mol. The van der Waals surface area contributed by atoms with Gasteiger partial charge in [-0.25, -0.2) is 0 Å². The van der Waals surface area contributed by atoms with Crippen molar-refractivity contribution >= 4 is 7.25 Å². The van der Waals surface area contributed by atoms with E-state index in [0.29, 0.717) is 6.30 Å². The topological polar surface area (TPSA) is 22.9 Å². The second kappa shape index (κ2) is 6.10. The maximum absolute atomic E-state index is 9.75. The van der Waals surface area contributed by atoms with E-state index in [1.165, 1.54) is 10.7 Å². The van der Waals surface area contributed by atoms with E-state index < -0.39 is 7.25 Å². The SMILES string of the molecule is F[B-](F)(F)F.[2H]c1n(-c2c(C)cc(C)cc2C)[n+]([2H])c2[n+]1CCC2. The van der Waals surface area contributed by atoms with Crippen LogP contribution in [-0.2, 0) is 13.0 Å². The molecule has 0 spiro atoms. The molecule has 3 rings (SSSR count). The summed E-state index contributed by atoms with van der Waals surface area (Å²) in [6.07, 6.45) is 2.32. The molecular formula is C14H19BF4N3+. The van der Waals surface area contributed by atoms with E-state index >= 15 is 0 Å². The third-order valence-electron chi connectivity index (χ3n) is 3.37. The Morgan fingerprint density at radius 3 is 2.27 bits per heavy atom. The Hall–Kier alpha value is -1.86. The van der Waals surface area contributed by atoms with Crippen LogP contribution >= 0.6 is 0 Å². The quantitative estimate of drug-likeness (QED) is 0.438. The first-order chi connectivity index (χ1) is 11.0. The molecule has 2 heterocycles. The molecule has 8 heteroatoms. The van der Waals surface area contributed by atoms with Crippen LogP contribution < -0.4 is 9.66 Å². The maximum Gasteiger partial charge on any atom is 0.673 e. The van der Waals surface area contributed by atoms with Crippen LogP contribution in [0.1, 0.15) is 30.3 Å². The summed E-state index contributed by atoms with van der Waals surface area (Å²) in [4.78, 5) is 0. The average molecular weight is 318 g/mol. The molecule has 0 radical (unpaired) electrons. The highest BCUT2D eigenvalue weighted by molar-refractivity contribution is 6.50. The number of aromatic nitrogens is 3. The van der Waals surface area contributed by atoms with Crippen LogP contribution in [0, 0.1) is 20.8 Å². The lowest BCUT2D eigenvalue weighted by molar-refractivity contribution is -0.722.